The Morgan fingerprint density at radius 3 is 2.75 bits per heavy atom. The summed E-state index contributed by atoms with van der Waals surface area (Å²) in [6.07, 6.45) is 3.87. The average Bonchev–Trinajstić information content (AvgIpc) is 2.67. The molecule has 1 unspecified atom stereocenters. The van der Waals surface area contributed by atoms with E-state index in [0.29, 0.717) is 30.8 Å². The summed E-state index contributed by atoms with van der Waals surface area (Å²) in [6.45, 7) is 4.50. The highest BCUT2D eigenvalue weighted by atomic mass is 16.2. The highest BCUT2D eigenvalue weighted by Crippen LogP contribution is 2.25. The van der Waals surface area contributed by atoms with Crippen molar-refractivity contribution in [3.05, 3.63) is 75.6 Å². The molecule has 3 N–H and O–H groups in total. The summed E-state index contributed by atoms with van der Waals surface area (Å²) < 4.78 is 1.68. The zero-order valence-corrected chi connectivity index (χ0v) is 15.9. The van der Waals surface area contributed by atoms with Crippen LogP contribution in [0.4, 0.5) is 4.79 Å². The quantitative estimate of drug-likeness (QED) is 0.658. The summed E-state index contributed by atoms with van der Waals surface area (Å²) in [5, 5.41) is 8.30. The number of hydrogen-bond acceptors (Lipinski definition) is 4. The molecule has 0 aliphatic carbocycles. The van der Waals surface area contributed by atoms with Crippen molar-refractivity contribution >= 4 is 11.9 Å². The molecule has 3 amide bonds. The number of carbonyl (C=O) groups is 2. The molecule has 0 aromatic carbocycles. The molecule has 3 heterocycles. The summed E-state index contributed by atoms with van der Waals surface area (Å²) in [7, 11) is 0. The maximum absolute atomic E-state index is 12.8. The highest BCUT2D eigenvalue weighted by Gasteiger charge is 2.30. The van der Waals surface area contributed by atoms with Gasteiger partial charge in [0.15, 0.2) is 0 Å². The van der Waals surface area contributed by atoms with Crippen molar-refractivity contribution in [1.82, 2.24) is 25.5 Å². The third-order valence-corrected chi connectivity index (χ3v) is 4.64. The molecule has 146 valence electrons. The first kappa shape index (κ1) is 19.3. The SMILES string of the molecule is CC1=C(C(=O)NCCCn2c(C)cccc2=O)C(c2cccnc2)NC(=O)N1. The standard InChI is InChI=1S/C20H23N5O3/c1-13-6-3-8-16(26)25(13)11-5-10-22-19(27)17-14(2)23-20(28)24-18(17)15-7-4-9-21-12-15/h3-4,6-9,12,18H,5,10-11H2,1-2H3,(H,22,27)(H2,23,24,28). The molecule has 8 heteroatoms. The van der Waals surface area contributed by atoms with Gasteiger partial charge in [0.05, 0.1) is 11.6 Å². The van der Waals surface area contributed by atoms with Crippen LogP contribution in [-0.2, 0) is 11.3 Å². The van der Waals surface area contributed by atoms with Crippen LogP contribution >= 0.6 is 0 Å². The molecule has 1 atom stereocenters. The van der Waals surface area contributed by atoms with E-state index in [1.54, 1.807) is 36.0 Å². The second-order valence-electron chi connectivity index (χ2n) is 6.62. The number of nitrogens with one attached hydrogen (secondary N) is 3. The van der Waals surface area contributed by atoms with Crippen molar-refractivity contribution in [3.63, 3.8) is 0 Å². The number of aryl methyl sites for hydroxylation is 1. The Hall–Kier alpha value is -3.42. The predicted molar refractivity (Wildman–Crippen MR) is 104 cm³/mol. The van der Waals surface area contributed by atoms with Gasteiger partial charge in [-0.3, -0.25) is 14.6 Å². The molecule has 1 aliphatic rings. The molecule has 0 radical (unpaired) electrons. The van der Waals surface area contributed by atoms with E-state index in [2.05, 4.69) is 20.9 Å². The maximum atomic E-state index is 12.8. The van der Waals surface area contributed by atoms with Crippen LogP contribution in [0.2, 0.25) is 0 Å². The van der Waals surface area contributed by atoms with E-state index in [9.17, 15) is 14.4 Å². The van der Waals surface area contributed by atoms with E-state index >= 15 is 0 Å². The number of aromatic nitrogens is 2. The number of hydrogen-bond donors (Lipinski definition) is 3. The monoisotopic (exact) mass is 381 g/mol. The molecule has 0 bridgehead atoms. The van der Waals surface area contributed by atoms with Crippen LogP contribution in [0.15, 0.2) is 58.8 Å². The van der Waals surface area contributed by atoms with Crippen LogP contribution < -0.4 is 21.5 Å². The number of amides is 3. The topological polar surface area (TPSA) is 105 Å². The number of pyridine rings is 2. The largest absolute Gasteiger partial charge is 0.352 e. The Morgan fingerprint density at radius 1 is 1.21 bits per heavy atom. The van der Waals surface area contributed by atoms with Gasteiger partial charge in [0.1, 0.15) is 0 Å². The molecule has 28 heavy (non-hydrogen) atoms. The Balaban J connectivity index is 1.67. The number of urea groups is 1. The minimum Gasteiger partial charge on any atom is -0.352 e. The number of nitrogens with zero attached hydrogens (tertiary/aromatic N) is 2. The van der Waals surface area contributed by atoms with E-state index in [-0.39, 0.29) is 17.5 Å². The van der Waals surface area contributed by atoms with E-state index in [1.165, 1.54) is 6.07 Å². The van der Waals surface area contributed by atoms with E-state index < -0.39 is 6.04 Å². The fourth-order valence-electron chi connectivity index (χ4n) is 3.24. The van der Waals surface area contributed by atoms with Gasteiger partial charge in [0.25, 0.3) is 11.5 Å². The van der Waals surface area contributed by atoms with E-state index in [0.717, 1.165) is 11.3 Å². The molecule has 0 spiro atoms. The van der Waals surface area contributed by atoms with Crippen LogP contribution in [0.1, 0.15) is 30.6 Å². The minimum absolute atomic E-state index is 0.0549. The molecule has 2 aromatic rings. The number of carbonyl (C=O) groups excluding carboxylic acids is 2. The van der Waals surface area contributed by atoms with E-state index in [1.807, 2.05) is 19.1 Å². The van der Waals surface area contributed by atoms with Gasteiger partial charge < -0.3 is 20.5 Å². The van der Waals surface area contributed by atoms with Crippen LogP contribution in [-0.4, -0.2) is 28.0 Å². The molecular formula is C20H23N5O3. The zero-order valence-electron chi connectivity index (χ0n) is 15.9. The summed E-state index contributed by atoms with van der Waals surface area (Å²) >= 11 is 0. The smallest absolute Gasteiger partial charge is 0.319 e. The van der Waals surface area contributed by atoms with Gasteiger partial charge in [-0.05, 0) is 38.0 Å². The van der Waals surface area contributed by atoms with Gasteiger partial charge in [-0.25, -0.2) is 4.79 Å². The predicted octanol–water partition coefficient (Wildman–Crippen LogP) is 1.39. The molecule has 2 aromatic heterocycles. The Kier molecular flexibility index (Phi) is 5.88. The minimum atomic E-state index is -0.568. The van der Waals surface area contributed by atoms with Crippen LogP contribution in [0.3, 0.4) is 0 Å². The van der Waals surface area contributed by atoms with Crippen molar-refractivity contribution in [1.29, 1.82) is 0 Å². The lowest BCUT2D eigenvalue weighted by molar-refractivity contribution is -0.117. The second kappa shape index (κ2) is 8.51. The lowest BCUT2D eigenvalue weighted by Crippen LogP contribution is -2.47. The lowest BCUT2D eigenvalue weighted by Gasteiger charge is -2.28. The van der Waals surface area contributed by atoms with E-state index in [4.69, 9.17) is 0 Å². The Morgan fingerprint density at radius 2 is 2.04 bits per heavy atom. The third kappa shape index (κ3) is 4.28. The average molecular weight is 381 g/mol. The van der Waals surface area contributed by atoms with Crippen molar-refractivity contribution < 1.29 is 9.59 Å². The first-order valence-corrected chi connectivity index (χ1v) is 9.10. The molecule has 8 nitrogen and oxygen atoms in total. The molecule has 3 rings (SSSR count). The van der Waals surface area contributed by atoms with Gasteiger partial charge in [0, 0.05) is 42.9 Å². The first-order valence-electron chi connectivity index (χ1n) is 9.10. The van der Waals surface area contributed by atoms with Gasteiger partial charge in [-0.1, -0.05) is 12.1 Å². The maximum Gasteiger partial charge on any atom is 0.319 e. The summed E-state index contributed by atoms with van der Waals surface area (Å²) in [5.41, 5.74) is 2.51. The van der Waals surface area contributed by atoms with Gasteiger partial charge >= 0.3 is 6.03 Å². The summed E-state index contributed by atoms with van der Waals surface area (Å²) in [6, 6.07) is 7.78. The third-order valence-electron chi connectivity index (χ3n) is 4.64. The Bertz CT molecular complexity index is 965. The molecule has 0 saturated heterocycles. The van der Waals surface area contributed by atoms with Crippen LogP contribution in [0, 0.1) is 6.92 Å². The normalized spacial score (nSPS) is 16.4. The number of allylic oxidation sites excluding steroid dienone is 1. The summed E-state index contributed by atoms with van der Waals surface area (Å²) in [4.78, 5) is 40.6. The highest BCUT2D eigenvalue weighted by molar-refractivity contribution is 5.98. The molecule has 1 aliphatic heterocycles. The molecule has 0 fully saturated rings. The van der Waals surface area contributed by atoms with Gasteiger partial charge in [-0.15, -0.1) is 0 Å². The van der Waals surface area contributed by atoms with Crippen LogP contribution in [0.5, 0.6) is 0 Å². The van der Waals surface area contributed by atoms with Crippen molar-refractivity contribution in [2.45, 2.75) is 32.9 Å². The molecular weight excluding hydrogens is 358 g/mol. The lowest BCUT2D eigenvalue weighted by atomic mass is 9.96. The van der Waals surface area contributed by atoms with Crippen LogP contribution in [0.25, 0.3) is 0 Å². The fraction of sp³-hybridized carbons (Fsp3) is 0.300. The zero-order chi connectivity index (χ0) is 20.1. The Labute approximate surface area is 162 Å². The fourth-order valence-corrected chi connectivity index (χ4v) is 3.24. The summed E-state index contributed by atoms with van der Waals surface area (Å²) in [5.74, 6) is -0.268. The second-order valence-corrected chi connectivity index (χ2v) is 6.62. The van der Waals surface area contributed by atoms with Gasteiger partial charge in [0.2, 0.25) is 0 Å². The van der Waals surface area contributed by atoms with Crippen molar-refractivity contribution in [2.75, 3.05) is 6.54 Å². The molecule has 0 saturated carbocycles. The van der Waals surface area contributed by atoms with Crippen molar-refractivity contribution in [3.8, 4) is 0 Å². The van der Waals surface area contributed by atoms with Gasteiger partial charge in [-0.2, -0.15) is 0 Å². The first-order chi connectivity index (χ1) is 13.5. The number of rotatable bonds is 6. The van der Waals surface area contributed by atoms with Crippen molar-refractivity contribution in [2.24, 2.45) is 0 Å².